The van der Waals surface area contributed by atoms with E-state index in [-0.39, 0.29) is 34.0 Å². The summed E-state index contributed by atoms with van der Waals surface area (Å²) < 4.78 is 35.1. The number of phenolic OH excluding ortho intramolecular Hbond substituents is 1. The topological polar surface area (TPSA) is 141 Å². The molecule has 0 aliphatic rings. The van der Waals surface area contributed by atoms with Crippen molar-refractivity contribution < 1.29 is 52.4 Å². The minimum atomic E-state index is -5.09. The Kier molecular flexibility index (Phi) is 5.12. The number of aromatic nitrogens is 1. The molecule has 1 aromatic heterocycles. The number of aryl methyl sites for hydroxylation is 1. The van der Waals surface area contributed by atoms with Crippen LogP contribution in [0.3, 0.4) is 0 Å². The molecule has 1 heterocycles. The number of carbonyl (C=O) groups is 1. The molecule has 4 N–H and O–H groups in total. The first-order chi connectivity index (χ1) is 9.20. The van der Waals surface area contributed by atoms with Crippen LogP contribution in [0.5, 0.6) is 5.75 Å². The van der Waals surface area contributed by atoms with E-state index in [1.807, 2.05) is 0 Å². The number of carbonyl (C=O) groups excluding carboxylic acids is 1. The average Bonchev–Trinajstić information content (AvgIpc) is 2.65. The van der Waals surface area contributed by atoms with Crippen molar-refractivity contribution >= 4 is 32.9 Å². The molecule has 2 amide bonds. The number of fused-ring (bicyclic) bond motifs is 1. The normalized spacial score (nSPS) is 11.0. The second kappa shape index (κ2) is 6.12. The van der Waals surface area contributed by atoms with E-state index < -0.39 is 27.8 Å². The second-order valence-electron chi connectivity index (χ2n) is 4.02. The summed E-state index contributed by atoms with van der Waals surface area (Å²) in [4.78, 5) is 10.8. The van der Waals surface area contributed by atoms with Crippen molar-refractivity contribution in [3.05, 3.63) is 24.4 Å². The van der Waals surface area contributed by atoms with Gasteiger partial charge in [-0.05, 0) is 12.1 Å². The Balaban J connectivity index is 0.00000220. The molecule has 0 radical (unpaired) electrons. The third-order valence-corrected chi connectivity index (χ3v) is 3.37. The average molecular weight is 322 g/mol. The van der Waals surface area contributed by atoms with Crippen molar-refractivity contribution in [2.24, 2.45) is 12.8 Å². The number of hydrogen-bond donors (Lipinski definition) is 3. The van der Waals surface area contributed by atoms with Crippen LogP contribution in [0.25, 0.3) is 10.9 Å². The van der Waals surface area contributed by atoms with Gasteiger partial charge in [-0.1, -0.05) is 0 Å². The number of hydrogen-bond acceptors (Lipinski definition) is 5. The van der Waals surface area contributed by atoms with Gasteiger partial charge in [-0.2, -0.15) is 4.41 Å². The maximum atomic E-state index is 11.1. The smallest absolute Gasteiger partial charge is 0.730 e. The first-order valence-corrected chi connectivity index (χ1v) is 6.67. The van der Waals surface area contributed by atoms with Crippen molar-refractivity contribution in [3.63, 3.8) is 0 Å². The Morgan fingerprint density at radius 2 is 2.10 bits per heavy atom. The quantitative estimate of drug-likeness (QED) is 0.309. The van der Waals surface area contributed by atoms with Crippen LogP contribution in [0.2, 0.25) is 0 Å². The van der Waals surface area contributed by atoms with E-state index in [0.717, 1.165) is 0 Å². The molecule has 21 heavy (non-hydrogen) atoms. The first kappa shape index (κ1) is 17.6. The van der Waals surface area contributed by atoms with Crippen molar-refractivity contribution in [3.8, 4) is 5.75 Å². The maximum Gasteiger partial charge on any atom is 1.00 e. The predicted octanol–water partition coefficient (Wildman–Crippen LogP) is -3.26. The summed E-state index contributed by atoms with van der Waals surface area (Å²) in [5.41, 5.74) is 6.69. The Hall–Kier alpha value is -1.46. The number of urea groups is 1. The fourth-order valence-electron chi connectivity index (χ4n) is 1.79. The van der Waals surface area contributed by atoms with Gasteiger partial charge in [-0.3, -0.25) is 0 Å². The molecule has 0 atom stereocenters. The van der Waals surface area contributed by atoms with Crippen molar-refractivity contribution in [2.45, 2.75) is 0 Å². The molecule has 1 aromatic carbocycles. The molecule has 0 saturated heterocycles. The Morgan fingerprint density at radius 3 is 2.62 bits per heavy atom. The fraction of sp³-hybridized carbons (Fsp3) is 0.100. The van der Waals surface area contributed by atoms with Gasteiger partial charge in [-0.15, -0.1) is 0 Å². The van der Waals surface area contributed by atoms with Crippen molar-refractivity contribution in [1.29, 1.82) is 0 Å². The first-order valence-electron chi connectivity index (χ1n) is 5.30. The molecule has 11 heteroatoms. The van der Waals surface area contributed by atoms with Crippen LogP contribution in [-0.2, 0) is 17.4 Å². The summed E-state index contributed by atoms with van der Waals surface area (Å²) in [6.45, 7) is 0. The number of phenols is 1. The summed E-state index contributed by atoms with van der Waals surface area (Å²) in [5, 5.41) is 10.4. The SMILES string of the molecule is Cn1ccc2cc(N(NC(N)=O)S(=O)(=O)[O-])c(O)cc21.[Na+]. The van der Waals surface area contributed by atoms with Gasteiger partial charge in [0.15, 0.2) is 0 Å². The third kappa shape index (κ3) is 3.60. The summed E-state index contributed by atoms with van der Waals surface area (Å²) in [7, 11) is -3.37. The molecule has 0 aliphatic heterocycles. The monoisotopic (exact) mass is 322 g/mol. The van der Waals surface area contributed by atoms with Crippen LogP contribution in [0.1, 0.15) is 0 Å². The molecule has 0 unspecified atom stereocenters. The number of benzene rings is 1. The van der Waals surface area contributed by atoms with Crippen LogP contribution in [0.15, 0.2) is 24.4 Å². The van der Waals surface area contributed by atoms with E-state index in [4.69, 9.17) is 5.73 Å². The Bertz CT molecular complexity index is 788. The summed E-state index contributed by atoms with van der Waals surface area (Å²) in [6, 6.07) is 2.91. The minimum absolute atomic E-state index is 0. The second-order valence-corrected chi connectivity index (χ2v) is 5.25. The molecule has 0 aliphatic carbocycles. The van der Waals surface area contributed by atoms with Crippen LogP contribution in [-0.4, -0.2) is 28.7 Å². The molecule has 9 nitrogen and oxygen atoms in total. The van der Waals surface area contributed by atoms with Gasteiger partial charge in [0.25, 0.3) is 0 Å². The number of anilines is 1. The van der Waals surface area contributed by atoms with E-state index in [2.05, 4.69) is 0 Å². The number of aromatic hydroxyl groups is 1. The number of hydrazine groups is 1. The largest absolute Gasteiger partial charge is 1.00 e. The van der Waals surface area contributed by atoms with E-state index in [1.54, 1.807) is 29.3 Å². The van der Waals surface area contributed by atoms with Crippen LogP contribution in [0.4, 0.5) is 10.5 Å². The zero-order chi connectivity index (χ0) is 15.1. The van der Waals surface area contributed by atoms with Gasteiger partial charge in [-0.25, -0.2) is 18.6 Å². The zero-order valence-corrected chi connectivity index (χ0v) is 14.1. The van der Waals surface area contributed by atoms with E-state index in [9.17, 15) is 22.9 Å². The molecular weight excluding hydrogens is 311 g/mol. The van der Waals surface area contributed by atoms with Crippen molar-refractivity contribution in [2.75, 3.05) is 4.41 Å². The number of amides is 2. The van der Waals surface area contributed by atoms with Gasteiger partial charge in [0.1, 0.15) is 11.4 Å². The molecule has 0 saturated carbocycles. The summed E-state index contributed by atoms with van der Waals surface area (Å²) >= 11 is 0. The van der Waals surface area contributed by atoms with E-state index in [1.165, 1.54) is 12.1 Å². The molecule has 0 spiro atoms. The number of primary amides is 1. The fourth-order valence-corrected chi connectivity index (χ4v) is 2.38. The van der Waals surface area contributed by atoms with E-state index >= 15 is 0 Å². The summed E-state index contributed by atoms with van der Waals surface area (Å²) in [5.74, 6) is -0.493. The Morgan fingerprint density at radius 1 is 1.48 bits per heavy atom. The van der Waals surface area contributed by atoms with Crippen LogP contribution >= 0.6 is 0 Å². The number of nitrogens with one attached hydrogen (secondary N) is 1. The van der Waals surface area contributed by atoms with Gasteiger partial charge in [0.05, 0.1) is 5.52 Å². The Labute approximate surface area is 142 Å². The molecule has 0 bridgehead atoms. The van der Waals surface area contributed by atoms with Crippen LogP contribution < -0.4 is 45.1 Å². The third-order valence-electron chi connectivity index (χ3n) is 2.64. The zero-order valence-electron chi connectivity index (χ0n) is 11.3. The summed E-state index contributed by atoms with van der Waals surface area (Å²) in [6.07, 6.45) is 1.69. The van der Waals surface area contributed by atoms with E-state index in [0.29, 0.717) is 10.9 Å². The number of nitrogens with zero attached hydrogens (tertiary/aromatic N) is 2. The molecule has 2 aromatic rings. The van der Waals surface area contributed by atoms with Gasteiger partial charge in [0, 0.05) is 24.7 Å². The maximum absolute atomic E-state index is 11.1. The number of nitrogens with two attached hydrogens (primary N) is 1. The standard InChI is InChI=1S/C10H12N4O5S.Na/c1-13-3-2-6-4-8(9(15)5-7(6)13)14(12-10(11)16)20(17,18)19;/h2-5,15H,1H3,(H3,11,12,16)(H,17,18,19);/q;+1/p-1. The molecular formula is C10H11N4NaO5S. The van der Waals surface area contributed by atoms with Crippen molar-refractivity contribution in [1.82, 2.24) is 9.99 Å². The predicted molar refractivity (Wildman–Crippen MR) is 69.5 cm³/mol. The van der Waals surface area contributed by atoms with Gasteiger partial charge in [0.2, 0.25) is 10.3 Å². The van der Waals surface area contributed by atoms with Crippen LogP contribution in [0, 0.1) is 0 Å². The van der Waals surface area contributed by atoms with Gasteiger partial charge >= 0.3 is 35.6 Å². The number of rotatable bonds is 3. The molecule has 0 fully saturated rings. The minimum Gasteiger partial charge on any atom is -0.730 e. The van der Waals surface area contributed by atoms with Gasteiger partial charge < -0.3 is 20.0 Å². The molecule has 108 valence electrons. The molecule has 2 rings (SSSR count).